The number of amides is 1. The van der Waals surface area contributed by atoms with Crippen LogP contribution in [0.2, 0.25) is 0 Å². The molecule has 1 unspecified atom stereocenters. The minimum absolute atomic E-state index is 0.0445. The molecule has 0 spiro atoms. The number of hydrogen-bond donors (Lipinski definition) is 2. The van der Waals surface area contributed by atoms with Gasteiger partial charge in [0.05, 0.1) is 33.7 Å². The lowest BCUT2D eigenvalue weighted by atomic mass is 9.79. The number of aliphatic carboxylic acids is 1. The first-order valence-electron chi connectivity index (χ1n) is 15.6. The van der Waals surface area contributed by atoms with Gasteiger partial charge in [0.2, 0.25) is 0 Å². The first-order chi connectivity index (χ1) is 21.6. The van der Waals surface area contributed by atoms with Crippen LogP contribution in [-0.4, -0.2) is 50.6 Å². The number of thioether (sulfide) groups is 1. The minimum Gasteiger partial charge on any atom is -0.483 e. The largest absolute Gasteiger partial charge is 0.483 e. The van der Waals surface area contributed by atoms with E-state index in [4.69, 9.17) is 4.74 Å². The fourth-order valence-corrected chi connectivity index (χ4v) is 8.74. The Labute approximate surface area is 271 Å². The maximum absolute atomic E-state index is 14.3. The summed E-state index contributed by atoms with van der Waals surface area (Å²) in [4.78, 5) is 27.6. The summed E-state index contributed by atoms with van der Waals surface area (Å²) in [6, 6.07) is 21.5. The molecule has 2 N–H and O–H groups in total. The Kier molecular flexibility index (Phi) is 12.0. The topological polar surface area (TPSA) is 113 Å². The highest BCUT2D eigenvalue weighted by molar-refractivity contribution is 7.98. The molecule has 10 heteroatoms. The van der Waals surface area contributed by atoms with Crippen molar-refractivity contribution < 1.29 is 27.9 Å². The van der Waals surface area contributed by atoms with Crippen LogP contribution >= 0.6 is 11.8 Å². The number of para-hydroxylation sites is 1. The lowest BCUT2D eigenvalue weighted by Crippen LogP contribution is -2.38. The summed E-state index contributed by atoms with van der Waals surface area (Å²) >= 11 is 1.42. The number of benzene rings is 3. The van der Waals surface area contributed by atoms with Crippen LogP contribution in [0.15, 0.2) is 82.6 Å². The smallest absolute Gasteiger partial charge is 0.305 e. The zero-order valence-corrected chi connectivity index (χ0v) is 28.0. The van der Waals surface area contributed by atoms with Crippen LogP contribution in [0.25, 0.3) is 0 Å². The van der Waals surface area contributed by atoms with Gasteiger partial charge < -0.3 is 20.1 Å². The monoisotopic (exact) mass is 652 g/mol. The Balaban J connectivity index is 1.70. The normalized spacial score (nSPS) is 15.8. The van der Waals surface area contributed by atoms with Crippen molar-refractivity contribution in [2.75, 3.05) is 30.1 Å². The van der Waals surface area contributed by atoms with E-state index in [0.717, 1.165) is 44.2 Å². The number of carboxylic acids is 1. The van der Waals surface area contributed by atoms with Gasteiger partial charge in [-0.25, -0.2) is 8.42 Å². The third kappa shape index (κ3) is 8.82. The molecule has 1 heterocycles. The highest BCUT2D eigenvalue weighted by Gasteiger charge is 2.42. The molecule has 0 saturated heterocycles. The third-order valence-electron chi connectivity index (χ3n) is 8.32. The summed E-state index contributed by atoms with van der Waals surface area (Å²) < 4.78 is 34.6. The van der Waals surface area contributed by atoms with Crippen LogP contribution in [0, 0.1) is 5.41 Å². The molecule has 1 amide bonds. The minimum atomic E-state index is -3.74. The fraction of sp³-hybridized carbons (Fsp3) is 0.429. The summed E-state index contributed by atoms with van der Waals surface area (Å²) in [5, 5.41) is 12.2. The van der Waals surface area contributed by atoms with Crippen LogP contribution in [0.3, 0.4) is 0 Å². The number of unbranched alkanes of at least 4 members (excludes halogenated alkanes) is 2. The zero-order valence-electron chi connectivity index (χ0n) is 26.3. The van der Waals surface area contributed by atoms with E-state index < -0.39 is 39.8 Å². The highest BCUT2D eigenvalue weighted by Crippen LogP contribution is 2.47. The van der Waals surface area contributed by atoms with Crippen molar-refractivity contribution in [2.45, 2.75) is 74.6 Å². The van der Waals surface area contributed by atoms with Crippen molar-refractivity contribution in [2.24, 2.45) is 5.41 Å². The molecule has 4 rings (SSSR count). The summed E-state index contributed by atoms with van der Waals surface area (Å²) in [6.07, 6.45) is 7.11. The molecular weight excluding hydrogens is 609 g/mol. The molecule has 45 heavy (non-hydrogen) atoms. The van der Waals surface area contributed by atoms with Crippen LogP contribution in [0.1, 0.15) is 70.4 Å². The van der Waals surface area contributed by atoms with E-state index in [1.54, 1.807) is 30.3 Å². The van der Waals surface area contributed by atoms with Gasteiger partial charge in [0.15, 0.2) is 16.4 Å². The second kappa shape index (κ2) is 15.7. The number of ether oxygens (including phenoxy) is 1. The molecule has 0 radical (unpaired) electrons. The summed E-state index contributed by atoms with van der Waals surface area (Å²) in [5.74, 6) is -1.19. The summed E-state index contributed by atoms with van der Waals surface area (Å²) in [6.45, 7) is 4.46. The second-order valence-corrected chi connectivity index (χ2v) is 14.6. The number of sulfone groups is 1. The third-order valence-corrected chi connectivity index (χ3v) is 11.1. The number of nitrogens with one attached hydrogen (secondary N) is 1. The van der Waals surface area contributed by atoms with E-state index >= 15 is 0 Å². The highest BCUT2D eigenvalue weighted by atomic mass is 32.2. The molecule has 1 aliphatic heterocycles. The number of carboxylic acid groups (broad SMARTS) is 1. The van der Waals surface area contributed by atoms with Gasteiger partial charge in [0.25, 0.3) is 5.91 Å². The molecule has 0 saturated carbocycles. The van der Waals surface area contributed by atoms with E-state index in [-0.39, 0.29) is 17.1 Å². The molecule has 3 aromatic carbocycles. The molecule has 0 aliphatic carbocycles. The van der Waals surface area contributed by atoms with E-state index in [1.165, 1.54) is 11.8 Å². The number of rotatable bonds is 15. The first kappa shape index (κ1) is 34.4. The molecule has 0 fully saturated rings. The number of carbonyl (C=O) groups excluding carboxylic acids is 1. The number of carbonyl (C=O) groups is 2. The van der Waals surface area contributed by atoms with Gasteiger partial charge in [-0.2, -0.15) is 0 Å². The molecule has 3 aromatic rings. The Bertz CT molecular complexity index is 1540. The lowest BCUT2D eigenvalue weighted by molar-refractivity contribution is -0.137. The van der Waals surface area contributed by atoms with Crippen LogP contribution in [0.4, 0.5) is 11.4 Å². The Hall–Kier alpha value is -3.50. The van der Waals surface area contributed by atoms with Gasteiger partial charge in [-0.1, -0.05) is 88.1 Å². The van der Waals surface area contributed by atoms with Crippen molar-refractivity contribution in [1.82, 2.24) is 5.32 Å². The molecule has 242 valence electrons. The zero-order chi connectivity index (χ0) is 32.5. The predicted octanol–water partition coefficient (Wildman–Crippen LogP) is 7.41. The summed E-state index contributed by atoms with van der Waals surface area (Å²) in [5.41, 5.74) is 1.79. The number of anilines is 2. The van der Waals surface area contributed by atoms with Crippen molar-refractivity contribution in [3.8, 4) is 5.75 Å². The summed E-state index contributed by atoms with van der Waals surface area (Å²) in [7, 11) is -3.74. The Morgan fingerprint density at radius 1 is 1.00 bits per heavy atom. The molecule has 0 bridgehead atoms. The molecular formula is C35H44N2O6S2. The maximum atomic E-state index is 14.3. The first-order valence-corrected chi connectivity index (χ1v) is 18.5. The van der Waals surface area contributed by atoms with Gasteiger partial charge in [0.1, 0.15) is 5.75 Å². The van der Waals surface area contributed by atoms with E-state index in [1.807, 2.05) is 48.7 Å². The number of hydrogen-bond acceptors (Lipinski definition) is 7. The van der Waals surface area contributed by atoms with E-state index in [2.05, 4.69) is 24.1 Å². The van der Waals surface area contributed by atoms with E-state index in [0.29, 0.717) is 28.4 Å². The van der Waals surface area contributed by atoms with Gasteiger partial charge in [-0.3, -0.25) is 9.59 Å². The van der Waals surface area contributed by atoms with Crippen molar-refractivity contribution in [3.05, 3.63) is 78.4 Å². The van der Waals surface area contributed by atoms with Crippen LogP contribution in [0.5, 0.6) is 5.75 Å². The molecule has 1 atom stereocenters. The number of nitrogens with zero attached hydrogens (tertiary/aromatic N) is 1. The number of fused-ring (bicyclic) bond motifs is 1. The Morgan fingerprint density at radius 2 is 1.62 bits per heavy atom. The maximum Gasteiger partial charge on any atom is 0.305 e. The predicted molar refractivity (Wildman–Crippen MR) is 180 cm³/mol. The average molecular weight is 653 g/mol. The SMILES string of the molecule is CCCCC1(CCCC)CN(c2ccccc2)c2cc(SC)c(OCC(=O)NC(CC(=O)O)c3ccccc3)cc2S(=O)(=O)C1. The second-order valence-electron chi connectivity index (χ2n) is 11.8. The molecule has 0 aromatic heterocycles. The molecule has 8 nitrogen and oxygen atoms in total. The van der Waals surface area contributed by atoms with Gasteiger partial charge in [0, 0.05) is 23.7 Å². The van der Waals surface area contributed by atoms with Crippen molar-refractivity contribution >= 4 is 44.9 Å². The van der Waals surface area contributed by atoms with Crippen LogP contribution < -0.4 is 15.0 Å². The van der Waals surface area contributed by atoms with Crippen molar-refractivity contribution in [1.29, 1.82) is 0 Å². The molecule has 1 aliphatic rings. The van der Waals surface area contributed by atoms with E-state index in [9.17, 15) is 23.1 Å². The lowest BCUT2D eigenvalue weighted by Gasteiger charge is -2.37. The fourth-order valence-electron chi connectivity index (χ4n) is 6.07. The van der Waals surface area contributed by atoms with Crippen LogP contribution in [-0.2, 0) is 19.4 Å². The average Bonchev–Trinajstić information content (AvgIpc) is 3.13. The Morgan fingerprint density at radius 3 is 2.20 bits per heavy atom. The van der Waals surface area contributed by atoms with Gasteiger partial charge >= 0.3 is 5.97 Å². The quantitative estimate of drug-likeness (QED) is 0.163. The van der Waals surface area contributed by atoms with Gasteiger partial charge in [-0.15, -0.1) is 11.8 Å². The van der Waals surface area contributed by atoms with Gasteiger partial charge in [-0.05, 0) is 42.9 Å². The van der Waals surface area contributed by atoms with Crippen molar-refractivity contribution in [3.63, 3.8) is 0 Å². The standard InChI is InChI=1S/C35H44N2O6S2/c1-4-6-18-35(19-7-5-2)24-37(27-16-12-9-13-17-27)29-21-31(44-3)30(22-32(29)45(41,42)25-35)43-23-33(38)36-28(20-34(39)40)26-14-10-8-11-15-26/h8-17,21-22,28H,4-7,18-20,23-25H2,1-3H3,(H,36,38)(H,39,40).